The van der Waals surface area contributed by atoms with Crippen LogP contribution < -0.4 is 31.2 Å². The van der Waals surface area contributed by atoms with Gasteiger partial charge >= 0.3 is 63.8 Å². The van der Waals surface area contributed by atoms with Gasteiger partial charge in [-0.3, -0.25) is 53.3 Å². The monoisotopic (exact) mass is 1080 g/mol. The summed E-state index contributed by atoms with van der Waals surface area (Å²) in [6.45, 7) is 2.98. The van der Waals surface area contributed by atoms with Gasteiger partial charge in [-0.15, -0.1) is 0 Å². The molecular formula is C38H66GdN8O18-. The molecule has 0 unspecified atom stereocenters. The van der Waals surface area contributed by atoms with Gasteiger partial charge in [0, 0.05) is 85.1 Å². The Hall–Kier alpha value is -3.77. The van der Waals surface area contributed by atoms with Crippen LogP contribution in [0.4, 0.5) is 0 Å². The van der Waals surface area contributed by atoms with Crippen LogP contribution in [0.25, 0.3) is 0 Å². The van der Waals surface area contributed by atoms with E-state index in [1.54, 1.807) is 4.90 Å². The minimum atomic E-state index is -1.45. The van der Waals surface area contributed by atoms with E-state index in [9.17, 15) is 63.7 Å². The third kappa shape index (κ3) is 43.9. The Kier molecular flexibility index (Phi) is 42.0. The summed E-state index contributed by atoms with van der Waals surface area (Å²) in [4.78, 5) is 112. The molecule has 0 saturated carbocycles. The quantitative estimate of drug-likeness (QED) is 0.0109. The number of carbonyl (C=O) groups is 9. The number of nitrogens with zero attached hydrogens (tertiary/aromatic N) is 6. The third-order valence-corrected chi connectivity index (χ3v) is 8.78. The van der Waals surface area contributed by atoms with Crippen LogP contribution in [0.3, 0.4) is 0 Å². The molecule has 0 aromatic heterocycles. The van der Waals surface area contributed by atoms with Crippen LogP contribution in [0.5, 0.6) is 0 Å². The fourth-order valence-corrected chi connectivity index (χ4v) is 5.74. The minimum absolute atomic E-state index is 0. The van der Waals surface area contributed by atoms with Gasteiger partial charge in [0.05, 0.1) is 57.2 Å². The number of carbonyl (C=O) groups excluding carboxylic acids is 5. The summed E-state index contributed by atoms with van der Waals surface area (Å²) in [5, 5.41) is 84.5. The van der Waals surface area contributed by atoms with Crippen LogP contribution in [0.15, 0.2) is 0 Å². The summed E-state index contributed by atoms with van der Waals surface area (Å²) >= 11 is 0. The Bertz CT molecular complexity index is 1390. The van der Waals surface area contributed by atoms with Crippen LogP contribution in [-0.4, -0.2) is 239 Å². The number of amides is 2. The van der Waals surface area contributed by atoms with Crippen molar-refractivity contribution in [1.29, 1.82) is 0 Å². The standard InChI is InChI=1S/C19H34N4O9.C19H35N4O9.Gd/c1-2-3-4-5-20-15(24)10-22(12-17(27)28)8-6-21(11-16(25)26)7-9-23(13-18(29)30)14-19(31)32;1-2-3-4-5-20-16(24)12-22(13-17(25)26)8-6-21(10-11-32-31)7-9-23(14-18(27)28)15-19(29)30;/h2-14H2,1H3,(H,20,24)(H,25,26)(H,27,28)(H,29,30)(H,31,32);11,32H,2-10,12-15H2,1H3,(H,20,24)(H,25,26)(H,27,28)(H,29,30);/q;-1;+3/p-3. The third-order valence-electron chi connectivity index (χ3n) is 8.78. The number of rotatable bonds is 41. The van der Waals surface area contributed by atoms with Gasteiger partial charge in [0.2, 0.25) is 11.8 Å². The van der Waals surface area contributed by atoms with E-state index < -0.39 is 87.6 Å². The molecule has 27 heteroatoms. The van der Waals surface area contributed by atoms with Crippen LogP contribution in [0.2, 0.25) is 0 Å². The van der Waals surface area contributed by atoms with E-state index in [1.165, 1.54) is 14.7 Å². The fraction of sp³-hybridized carbons (Fsp3) is 0.737. The minimum Gasteiger partial charge on any atom is -0.587 e. The number of nitrogens with one attached hydrogen (secondary N) is 2. The normalized spacial score (nSPS) is 11.0. The van der Waals surface area contributed by atoms with Crippen LogP contribution in [0.1, 0.15) is 52.4 Å². The molecule has 0 aliphatic heterocycles. The molecule has 0 fully saturated rings. The smallest absolute Gasteiger partial charge is 0.587 e. The number of aliphatic carboxylic acids is 7. The predicted octanol–water partition coefficient (Wildman–Crippen LogP) is -7.48. The molecule has 65 heavy (non-hydrogen) atoms. The summed E-state index contributed by atoms with van der Waals surface area (Å²) in [5.74, 6) is -9.64. The molecule has 2 amide bonds. The first-order valence-electron chi connectivity index (χ1n) is 20.7. The summed E-state index contributed by atoms with van der Waals surface area (Å²) < 4.78 is 0. The molecule has 0 rings (SSSR count). The van der Waals surface area contributed by atoms with Crippen LogP contribution in [0, 0.1) is 46.5 Å². The SMILES string of the molecule is CCCCCNC(=O)CN(CCN(CCN(CC(=O)O)CC(=O)O)CC(=O)O)CC(=O)O.CCCCCNC(=O)CN(CCN(C[CH-][OH+][O-])CCN(CC(=O)[O-])CC(=O)[O-])CC(=O)[O-].[Gd+3]. The molecule has 26 nitrogen and oxygen atoms in total. The van der Waals surface area contributed by atoms with Gasteiger partial charge in [-0.25, -0.2) is 0 Å². The molecule has 375 valence electrons. The second-order valence-corrected chi connectivity index (χ2v) is 14.5. The van der Waals surface area contributed by atoms with Crippen molar-refractivity contribution in [2.24, 2.45) is 0 Å². The van der Waals surface area contributed by atoms with E-state index in [2.05, 4.69) is 15.5 Å². The van der Waals surface area contributed by atoms with Gasteiger partial charge in [0.1, 0.15) is 0 Å². The molecule has 0 aromatic rings. The molecule has 0 heterocycles. The van der Waals surface area contributed by atoms with Crippen molar-refractivity contribution in [3.05, 3.63) is 6.61 Å². The molecule has 0 aliphatic carbocycles. The number of unbranched alkanes of at least 4 members (excludes halogenated alkanes) is 4. The maximum Gasteiger partial charge on any atom is 3.00 e. The summed E-state index contributed by atoms with van der Waals surface area (Å²) in [6.07, 6.45) is 5.56. The number of hydrogen-bond acceptors (Lipinski definition) is 19. The van der Waals surface area contributed by atoms with Gasteiger partial charge in [0.25, 0.3) is 0 Å². The van der Waals surface area contributed by atoms with Crippen molar-refractivity contribution in [1.82, 2.24) is 40.0 Å². The van der Waals surface area contributed by atoms with Crippen molar-refractivity contribution in [3.8, 4) is 0 Å². The van der Waals surface area contributed by atoms with Crippen molar-refractivity contribution in [2.75, 3.05) is 131 Å². The first-order valence-corrected chi connectivity index (χ1v) is 20.7. The Balaban J connectivity index is -0.00000116. The fourth-order valence-electron chi connectivity index (χ4n) is 5.74. The first-order chi connectivity index (χ1) is 30.2. The second kappa shape index (κ2) is 41.7. The molecule has 0 bridgehead atoms. The summed E-state index contributed by atoms with van der Waals surface area (Å²) in [6, 6.07) is 0. The molecule has 7 N–H and O–H groups in total. The zero-order chi connectivity index (χ0) is 48.9. The molecule has 0 aliphatic rings. The number of carboxylic acids is 7. The number of carboxylic acid groups (broad SMARTS) is 7. The van der Waals surface area contributed by atoms with E-state index in [0.717, 1.165) is 54.9 Å². The predicted molar refractivity (Wildman–Crippen MR) is 216 cm³/mol. The van der Waals surface area contributed by atoms with E-state index in [-0.39, 0.29) is 124 Å². The van der Waals surface area contributed by atoms with Crippen LogP contribution in [-0.2, 0) is 43.2 Å². The van der Waals surface area contributed by atoms with Crippen molar-refractivity contribution in [3.63, 3.8) is 0 Å². The van der Waals surface area contributed by atoms with E-state index >= 15 is 0 Å². The topological polar surface area (TPSA) is 383 Å². The molecule has 0 spiro atoms. The van der Waals surface area contributed by atoms with Crippen molar-refractivity contribution < 1.29 is 129 Å². The van der Waals surface area contributed by atoms with Crippen molar-refractivity contribution in [2.45, 2.75) is 52.4 Å². The Morgan fingerprint density at radius 1 is 0.446 bits per heavy atom. The molecule has 0 aromatic carbocycles. The zero-order valence-electron chi connectivity index (χ0n) is 37.0. The van der Waals surface area contributed by atoms with Crippen LogP contribution >= 0.6 is 0 Å². The van der Waals surface area contributed by atoms with Gasteiger partial charge in [-0.1, -0.05) is 46.1 Å². The first kappa shape index (κ1) is 65.5. The van der Waals surface area contributed by atoms with Gasteiger partial charge in [0.15, 0.2) is 0 Å². The van der Waals surface area contributed by atoms with Gasteiger partial charge in [-0.05, 0) is 19.4 Å². The Labute approximate surface area is 410 Å². The van der Waals surface area contributed by atoms with Crippen molar-refractivity contribution >= 4 is 53.6 Å². The molecule has 0 saturated heterocycles. The average Bonchev–Trinajstić information content (AvgIpc) is 3.17. The molecule has 1 radical (unpaired) electrons. The maximum absolute atomic E-state index is 12.1. The van der Waals surface area contributed by atoms with E-state index in [4.69, 9.17) is 20.4 Å². The summed E-state index contributed by atoms with van der Waals surface area (Å²) in [5.41, 5.74) is 0. The number of aliphatic hydroxyl groups is 1. The Morgan fingerprint density at radius 2 is 0.723 bits per heavy atom. The molecular weight excluding hydrogens is 1010 g/mol. The Morgan fingerprint density at radius 3 is 1.03 bits per heavy atom. The second-order valence-electron chi connectivity index (χ2n) is 14.5. The van der Waals surface area contributed by atoms with E-state index in [0.29, 0.717) is 13.1 Å². The molecule has 0 atom stereocenters. The van der Waals surface area contributed by atoms with Gasteiger partial charge < -0.3 is 75.8 Å². The van der Waals surface area contributed by atoms with E-state index in [1.807, 2.05) is 13.8 Å². The average molecular weight is 1080 g/mol. The maximum atomic E-state index is 12.1. The number of hydrogen-bond donors (Lipinski definition) is 6. The largest absolute Gasteiger partial charge is 3.00 e. The summed E-state index contributed by atoms with van der Waals surface area (Å²) in [7, 11) is 0. The zero-order valence-corrected chi connectivity index (χ0v) is 39.3. The van der Waals surface area contributed by atoms with Gasteiger partial charge in [-0.2, -0.15) is 0 Å².